The molecule has 0 saturated heterocycles. The summed E-state index contributed by atoms with van der Waals surface area (Å²) in [7, 11) is 1.62. The van der Waals surface area contributed by atoms with E-state index < -0.39 is 5.97 Å². The lowest BCUT2D eigenvalue weighted by molar-refractivity contribution is 0.0473. The van der Waals surface area contributed by atoms with Crippen LogP contribution in [0.5, 0.6) is 5.75 Å². The van der Waals surface area contributed by atoms with E-state index in [-0.39, 0.29) is 12.2 Å². The maximum absolute atomic E-state index is 12.8. The zero-order valence-corrected chi connectivity index (χ0v) is 19.1. The van der Waals surface area contributed by atoms with Gasteiger partial charge < -0.3 is 14.8 Å². The summed E-state index contributed by atoms with van der Waals surface area (Å²) < 4.78 is 12.4. The normalized spacial score (nSPS) is 12.7. The van der Waals surface area contributed by atoms with E-state index >= 15 is 0 Å². The summed E-state index contributed by atoms with van der Waals surface area (Å²) in [5.41, 5.74) is 2.10. The molecule has 0 bridgehead atoms. The molecule has 3 aromatic heterocycles. The number of rotatable bonds is 6. The summed E-state index contributed by atoms with van der Waals surface area (Å²) >= 11 is 2.64. The third-order valence-corrected chi connectivity index (χ3v) is 7.31. The van der Waals surface area contributed by atoms with Crippen LogP contribution in [0.25, 0.3) is 10.2 Å². The average Bonchev–Trinajstić information content (AvgIpc) is 3.52. The Balaban J connectivity index is 1.28. The smallest absolute Gasteiger partial charge is 0.349 e. The van der Waals surface area contributed by atoms with Gasteiger partial charge in [-0.3, -0.25) is 9.36 Å². The number of hydrogen-bond acceptors (Lipinski definition) is 9. The second-order valence-electron chi connectivity index (χ2n) is 7.40. The highest BCUT2D eigenvalue weighted by atomic mass is 32.1. The first-order valence-corrected chi connectivity index (χ1v) is 11.8. The zero-order chi connectivity index (χ0) is 22.2. The molecular formula is C22H20N4O4S2. The Morgan fingerprint density at radius 2 is 2.06 bits per heavy atom. The van der Waals surface area contributed by atoms with Crippen LogP contribution in [-0.2, 0) is 24.3 Å². The van der Waals surface area contributed by atoms with Gasteiger partial charge in [-0.05, 0) is 43.2 Å². The molecule has 1 aromatic carbocycles. The van der Waals surface area contributed by atoms with Crippen molar-refractivity contribution in [2.45, 2.75) is 32.9 Å². The predicted octanol–water partition coefficient (Wildman–Crippen LogP) is 4.28. The molecular weight excluding hydrogens is 448 g/mol. The first-order valence-electron chi connectivity index (χ1n) is 10.1. The van der Waals surface area contributed by atoms with Crippen molar-refractivity contribution < 1.29 is 14.3 Å². The summed E-state index contributed by atoms with van der Waals surface area (Å²) in [5, 5.41) is 6.28. The van der Waals surface area contributed by atoms with E-state index in [1.54, 1.807) is 18.6 Å². The monoisotopic (exact) mass is 468 g/mol. The standard InChI is InChI=1S/C22H20N4O4S2/c1-12-17-19(25-16-4-3-9-26(16)20(17)27)32-18(12)21(28)30-10-14-11-31-22(24-14)23-13-5-7-15(29-2)8-6-13/h5-8,11H,3-4,9-10H2,1-2H3,(H,23,24). The number of methoxy groups -OCH3 is 1. The third kappa shape index (κ3) is 3.76. The summed E-state index contributed by atoms with van der Waals surface area (Å²) in [6, 6.07) is 7.52. The molecule has 0 atom stereocenters. The van der Waals surface area contributed by atoms with Gasteiger partial charge in [0.05, 0.1) is 18.2 Å². The van der Waals surface area contributed by atoms with Crippen LogP contribution >= 0.6 is 22.7 Å². The number of hydrogen-bond donors (Lipinski definition) is 1. The van der Waals surface area contributed by atoms with Crippen molar-refractivity contribution >= 4 is 49.7 Å². The molecule has 0 amide bonds. The molecule has 32 heavy (non-hydrogen) atoms. The number of anilines is 2. The number of aromatic nitrogens is 3. The van der Waals surface area contributed by atoms with Gasteiger partial charge in [-0.15, -0.1) is 22.7 Å². The number of thiazole rings is 1. The molecule has 4 aromatic rings. The van der Waals surface area contributed by atoms with Gasteiger partial charge in [0, 0.05) is 24.0 Å². The minimum absolute atomic E-state index is 0.0518. The fourth-order valence-corrected chi connectivity index (χ4v) is 5.50. The second kappa shape index (κ2) is 8.36. The zero-order valence-electron chi connectivity index (χ0n) is 17.5. The molecule has 10 heteroatoms. The van der Waals surface area contributed by atoms with Crippen LogP contribution in [0.15, 0.2) is 34.4 Å². The number of fused-ring (bicyclic) bond motifs is 2. The van der Waals surface area contributed by atoms with Crippen LogP contribution in [0.4, 0.5) is 10.8 Å². The quantitative estimate of drug-likeness (QED) is 0.422. The van der Waals surface area contributed by atoms with Crippen molar-refractivity contribution in [3.05, 3.63) is 62.0 Å². The van der Waals surface area contributed by atoms with Crippen molar-refractivity contribution in [1.82, 2.24) is 14.5 Å². The highest BCUT2D eigenvalue weighted by Gasteiger charge is 2.24. The number of ether oxygens (including phenoxy) is 2. The van der Waals surface area contributed by atoms with E-state index in [0.717, 1.165) is 30.1 Å². The first-order chi connectivity index (χ1) is 15.5. The lowest BCUT2D eigenvalue weighted by Gasteiger charge is -2.04. The van der Waals surface area contributed by atoms with Gasteiger partial charge in [0.1, 0.15) is 27.9 Å². The van der Waals surface area contributed by atoms with Gasteiger partial charge in [0.2, 0.25) is 0 Å². The van der Waals surface area contributed by atoms with Crippen molar-refractivity contribution in [3.63, 3.8) is 0 Å². The largest absolute Gasteiger partial charge is 0.497 e. The molecule has 0 unspecified atom stereocenters. The van der Waals surface area contributed by atoms with Crippen molar-refractivity contribution in [1.29, 1.82) is 0 Å². The lowest BCUT2D eigenvalue weighted by Crippen LogP contribution is -2.20. The van der Waals surface area contributed by atoms with Crippen molar-refractivity contribution in [2.75, 3.05) is 12.4 Å². The van der Waals surface area contributed by atoms with E-state index in [9.17, 15) is 9.59 Å². The summed E-state index contributed by atoms with van der Waals surface area (Å²) in [6.45, 7) is 2.51. The van der Waals surface area contributed by atoms with E-state index in [0.29, 0.717) is 38.0 Å². The highest BCUT2D eigenvalue weighted by Crippen LogP contribution is 2.30. The lowest BCUT2D eigenvalue weighted by atomic mass is 10.2. The number of benzene rings is 1. The molecule has 0 saturated carbocycles. The molecule has 1 aliphatic heterocycles. The summed E-state index contributed by atoms with van der Waals surface area (Å²) in [6.07, 6.45) is 1.72. The van der Waals surface area contributed by atoms with Gasteiger partial charge in [0.15, 0.2) is 5.13 Å². The third-order valence-electron chi connectivity index (χ3n) is 5.34. The molecule has 1 aliphatic rings. The van der Waals surface area contributed by atoms with Gasteiger partial charge >= 0.3 is 5.97 Å². The fraction of sp³-hybridized carbons (Fsp3) is 0.273. The van der Waals surface area contributed by atoms with Gasteiger partial charge in [-0.25, -0.2) is 14.8 Å². The predicted molar refractivity (Wildman–Crippen MR) is 124 cm³/mol. The Hall–Kier alpha value is -3.24. The van der Waals surface area contributed by atoms with E-state index in [2.05, 4.69) is 15.3 Å². The van der Waals surface area contributed by atoms with Gasteiger partial charge in [-0.1, -0.05) is 0 Å². The summed E-state index contributed by atoms with van der Waals surface area (Å²) in [4.78, 5) is 35.6. The fourth-order valence-electron chi connectivity index (χ4n) is 3.70. The Labute approximate surface area is 191 Å². The summed E-state index contributed by atoms with van der Waals surface area (Å²) in [5.74, 6) is 1.11. The highest BCUT2D eigenvalue weighted by molar-refractivity contribution is 7.20. The van der Waals surface area contributed by atoms with Crippen LogP contribution in [0.1, 0.15) is 33.2 Å². The Morgan fingerprint density at radius 1 is 1.25 bits per heavy atom. The number of nitrogens with one attached hydrogen (secondary N) is 1. The van der Waals surface area contributed by atoms with Crippen LogP contribution in [0, 0.1) is 6.92 Å². The maximum Gasteiger partial charge on any atom is 0.349 e. The topological polar surface area (TPSA) is 95.3 Å². The number of thiophene rings is 1. The van der Waals surface area contributed by atoms with Crippen LogP contribution < -0.4 is 15.6 Å². The van der Waals surface area contributed by atoms with Crippen LogP contribution in [-0.4, -0.2) is 27.6 Å². The Kier molecular flexibility index (Phi) is 5.40. The SMILES string of the molecule is COc1ccc(Nc2nc(COC(=O)c3sc4nc5n(c(=O)c4c3C)CCC5)cs2)cc1. The van der Waals surface area contributed by atoms with Gasteiger partial charge in [0.25, 0.3) is 5.56 Å². The Morgan fingerprint density at radius 3 is 2.84 bits per heavy atom. The maximum atomic E-state index is 12.8. The number of aryl methyl sites for hydroxylation is 2. The molecule has 5 rings (SSSR count). The molecule has 164 valence electrons. The molecule has 4 heterocycles. The molecule has 0 radical (unpaired) electrons. The van der Waals surface area contributed by atoms with Crippen LogP contribution in [0.3, 0.4) is 0 Å². The number of esters is 1. The van der Waals surface area contributed by atoms with Gasteiger partial charge in [-0.2, -0.15) is 0 Å². The van der Waals surface area contributed by atoms with E-state index in [1.165, 1.54) is 22.7 Å². The molecule has 8 nitrogen and oxygen atoms in total. The number of carbonyl (C=O) groups is 1. The first kappa shape index (κ1) is 20.7. The van der Waals surface area contributed by atoms with E-state index in [4.69, 9.17) is 9.47 Å². The molecule has 0 fully saturated rings. The molecule has 0 aliphatic carbocycles. The molecule has 1 N–H and O–H groups in total. The van der Waals surface area contributed by atoms with Crippen molar-refractivity contribution in [2.24, 2.45) is 0 Å². The second-order valence-corrected chi connectivity index (χ2v) is 9.26. The number of carbonyl (C=O) groups excluding carboxylic acids is 1. The molecule has 0 spiro atoms. The van der Waals surface area contributed by atoms with Crippen LogP contribution in [0.2, 0.25) is 0 Å². The minimum Gasteiger partial charge on any atom is -0.497 e. The average molecular weight is 469 g/mol. The minimum atomic E-state index is -0.465. The van der Waals surface area contributed by atoms with Crippen molar-refractivity contribution in [3.8, 4) is 5.75 Å². The Bertz CT molecular complexity index is 1370. The number of nitrogens with zero attached hydrogens (tertiary/aromatic N) is 3. The van der Waals surface area contributed by atoms with E-state index in [1.807, 2.05) is 29.6 Å².